The SMILES string of the molecule is C[C@H](NC(=O)OCC1c2ccccc2-c2ccccc21)C(=O)N[C@@H](CCCN=C(N)N)C(=O)c1nc2ccccc2s1. The third kappa shape index (κ3) is 6.41. The number of para-hydroxylation sites is 1. The molecule has 4 aromatic rings. The topological polar surface area (TPSA) is 162 Å². The monoisotopic (exact) mass is 584 g/mol. The summed E-state index contributed by atoms with van der Waals surface area (Å²) in [6.45, 7) is 1.96. The molecule has 1 heterocycles. The molecule has 0 spiro atoms. The first-order chi connectivity index (χ1) is 20.3. The molecule has 0 radical (unpaired) electrons. The molecular formula is C31H32N6O4S. The highest BCUT2D eigenvalue weighted by Crippen LogP contribution is 2.44. The van der Waals surface area contributed by atoms with Gasteiger partial charge >= 0.3 is 6.09 Å². The largest absolute Gasteiger partial charge is 0.449 e. The number of benzene rings is 3. The van der Waals surface area contributed by atoms with Crippen LogP contribution in [0, 0.1) is 0 Å². The molecule has 10 nitrogen and oxygen atoms in total. The van der Waals surface area contributed by atoms with E-state index in [0.29, 0.717) is 23.5 Å². The third-order valence-electron chi connectivity index (χ3n) is 7.15. The van der Waals surface area contributed by atoms with Gasteiger partial charge in [-0.25, -0.2) is 9.78 Å². The number of fused-ring (bicyclic) bond motifs is 4. The van der Waals surface area contributed by atoms with Crippen LogP contribution in [0.2, 0.25) is 0 Å². The molecule has 1 aliphatic rings. The molecule has 0 fully saturated rings. The highest BCUT2D eigenvalue weighted by atomic mass is 32.1. The highest BCUT2D eigenvalue weighted by molar-refractivity contribution is 7.20. The first-order valence-electron chi connectivity index (χ1n) is 13.7. The van der Waals surface area contributed by atoms with E-state index in [2.05, 4.69) is 32.7 Å². The van der Waals surface area contributed by atoms with Crippen LogP contribution < -0.4 is 22.1 Å². The van der Waals surface area contributed by atoms with E-state index in [-0.39, 0.29) is 30.7 Å². The fraction of sp³-hybridized carbons (Fsp3) is 0.258. The maximum Gasteiger partial charge on any atom is 0.407 e. The lowest BCUT2D eigenvalue weighted by Crippen LogP contribution is -2.50. The lowest BCUT2D eigenvalue weighted by molar-refractivity contribution is -0.123. The minimum absolute atomic E-state index is 0.0472. The van der Waals surface area contributed by atoms with Crippen LogP contribution in [-0.4, -0.2) is 54.0 Å². The average molecular weight is 585 g/mol. The molecule has 3 aromatic carbocycles. The van der Waals surface area contributed by atoms with Crippen LogP contribution in [0.5, 0.6) is 0 Å². The summed E-state index contributed by atoms with van der Waals surface area (Å²) in [5, 5.41) is 5.65. The van der Waals surface area contributed by atoms with Gasteiger partial charge in [0.25, 0.3) is 0 Å². The van der Waals surface area contributed by atoms with Crippen LogP contribution in [0.15, 0.2) is 77.8 Å². The number of guanidine groups is 1. The van der Waals surface area contributed by atoms with Crippen molar-refractivity contribution in [3.05, 3.63) is 88.9 Å². The molecule has 11 heteroatoms. The van der Waals surface area contributed by atoms with E-state index >= 15 is 0 Å². The molecule has 0 saturated carbocycles. The lowest BCUT2D eigenvalue weighted by Gasteiger charge is -2.20. The number of rotatable bonds is 11. The van der Waals surface area contributed by atoms with Crippen LogP contribution in [0.4, 0.5) is 4.79 Å². The van der Waals surface area contributed by atoms with Gasteiger partial charge in [0.2, 0.25) is 11.7 Å². The van der Waals surface area contributed by atoms with Gasteiger partial charge < -0.3 is 26.8 Å². The number of nitrogens with zero attached hydrogens (tertiary/aromatic N) is 2. The lowest BCUT2D eigenvalue weighted by atomic mass is 9.98. The summed E-state index contributed by atoms with van der Waals surface area (Å²) in [5.74, 6) is -0.991. The fourth-order valence-electron chi connectivity index (χ4n) is 5.08. The van der Waals surface area contributed by atoms with E-state index in [1.165, 1.54) is 18.3 Å². The average Bonchev–Trinajstić information content (AvgIpc) is 3.56. The molecule has 0 bridgehead atoms. The van der Waals surface area contributed by atoms with Crippen LogP contribution >= 0.6 is 11.3 Å². The number of aliphatic imine (C=N–C) groups is 1. The van der Waals surface area contributed by atoms with Crippen molar-refractivity contribution in [2.75, 3.05) is 13.2 Å². The Labute approximate surface area is 247 Å². The van der Waals surface area contributed by atoms with E-state index < -0.39 is 24.1 Å². The van der Waals surface area contributed by atoms with Gasteiger partial charge in [-0.1, -0.05) is 60.7 Å². The number of thiazole rings is 1. The number of ketones is 1. The second-order valence-electron chi connectivity index (χ2n) is 10.1. The molecule has 2 amide bonds. The minimum Gasteiger partial charge on any atom is -0.449 e. The number of nitrogens with one attached hydrogen (secondary N) is 2. The molecule has 0 unspecified atom stereocenters. The Morgan fingerprint density at radius 2 is 1.60 bits per heavy atom. The third-order valence-corrected chi connectivity index (χ3v) is 8.21. The van der Waals surface area contributed by atoms with Crippen molar-refractivity contribution in [1.82, 2.24) is 15.6 Å². The Hall–Kier alpha value is -4.77. The number of aromatic nitrogens is 1. The number of ether oxygens (including phenoxy) is 1. The van der Waals surface area contributed by atoms with Crippen LogP contribution in [-0.2, 0) is 9.53 Å². The van der Waals surface area contributed by atoms with E-state index in [9.17, 15) is 14.4 Å². The van der Waals surface area contributed by atoms with Crippen molar-refractivity contribution in [3.8, 4) is 11.1 Å². The van der Waals surface area contributed by atoms with Gasteiger partial charge in [-0.3, -0.25) is 14.6 Å². The Morgan fingerprint density at radius 3 is 2.26 bits per heavy atom. The van der Waals surface area contributed by atoms with Gasteiger partial charge in [0.15, 0.2) is 11.0 Å². The standard InChI is InChI=1S/C31H32N6O4S/c1-18(35-31(40)41-17-23-21-11-4-2-9-19(21)20-10-3-5-12-22(20)23)28(39)36-25(14-8-16-34-30(32)33)27(38)29-37-24-13-6-7-15-26(24)42-29/h2-7,9-13,15,18,23,25H,8,14,16-17H2,1H3,(H,35,40)(H,36,39)(H4,32,33,34)/t18-,25-/m0/s1. The summed E-state index contributed by atoms with van der Waals surface area (Å²) in [4.78, 5) is 47.6. The summed E-state index contributed by atoms with van der Waals surface area (Å²) < 4.78 is 6.45. The zero-order valence-electron chi connectivity index (χ0n) is 23.1. The van der Waals surface area contributed by atoms with Gasteiger partial charge in [0.05, 0.1) is 16.3 Å². The minimum atomic E-state index is -0.955. The summed E-state index contributed by atoms with van der Waals surface area (Å²) >= 11 is 1.26. The normalized spacial score (nSPS) is 13.5. The molecule has 1 aromatic heterocycles. The smallest absolute Gasteiger partial charge is 0.407 e. The van der Waals surface area contributed by atoms with Crippen LogP contribution in [0.3, 0.4) is 0 Å². The molecule has 5 rings (SSSR count). The van der Waals surface area contributed by atoms with Crippen molar-refractivity contribution in [3.63, 3.8) is 0 Å². The van der Waals surface area contributed by atoms with Gasteiger partial charge in [-0.2, -0.15) is 0 Å². The van der Waals surface area contributed by atoms with Crippen molar-refractivity contribution in [1.29, 1.82) is 0 Å². The summed E-state index contributed by atoms with van der Waals surface area (Å²) in [6, 6.07) is 21.7. The second kappa shape index (κ2) is 12.8. The Kier molecular flexibility index (Phi) is 8.77. The van der Waals surface area contributed by atoms with Gasteiger partial charge in [0, 0.05) is 12.5 Å². The zero-order valence-corrected chi connectivity index (χ0v) is 23.9. The van der Waals surface area contributed by atoms with E-state index in [0.717, 1.165) is 27.0 Å². The maximum absolute atomic E-state index is 13.4. The molecular weight excluding hydrogens is 552 g/mol. The van der Waals surface area contributed by atoms with Crippen molar-refractivity contribution < 1.29 is 19.1 Å². The zero-order chi connectivity index (χ0) is 29.6. The summed E-state index contributed by atoms with van der Waals surface area (Å²) in [7, 11) is 0. The van der Waals surface area contributed by atoms with Crippen molar-refractivity contribution in [2.24, 2.45) is 16.5 Å². The molecule has 42 heavy (non-hydrogen) atoms. The van der Waals surface area contributed by atoms with Crippen molar-refractivity contribution in [2.45, 2.75) is 37.8 Å². The molecule has 0 aliphatic heterocycles. The fourth-order valence-corrected chi connectivity index (χ4v) is 6.04. The number of Topliss-reactive ketones (excluding diaryl/α,β-unsaturated/α-hetero) is 1. The van der Waals surface area contributed by atoms with Crippen LogP contribution in [0.1, 0.15) is 46.6 Å². The molecule has 6 N–H and O–H groups in total. The number of hydrogen-bond acceptors (Lipinski definition) is 7. The first kappa shape index (κ1) is 28.7. The first-order valence-corrected chi connectivity index (χ1v) is 14.5. The number of hydrogen-bond donors (Lipinski definition) is 4. The number of carbonyl (C=O) groups excluding carboxylic acids is 3. The van der Waals surface area contributed by atoms with Gasteiger partial charge in [-0.05, 0) is 54.2 Å². The number of nitrogens with two attached hydrogens (primary N) is 2. The summed E-state index contributed by atoms with van der Waals surface area (Å²) in [5.41, 5.74) is 16.0. The molecule has 1 aliphatic carbocycles. The van der Waals surface area contributed by atoms with Crippen LogP contribution in [0.25, 0.3) is 21.3 Å². The van der Waals surface area contributed by atoms with E-state index in [1.54, 1.807) is 0 Å². The number of alkyl carbamates (subject to hydrolysis) is 1. The Balaban J connectivity index is 1.21. The maximum atomic E-state index is 13.4. The molecule has 216 valence electrons. The van der Waals surface area contributed by atoms with Gasteiger partial charge in [-0.15, -0.1) is 11.3 Å². The Bertz CT molecular complexity index is 1570. The summed E-state index contributed by atoms with van der Waals surface area (Å²) in [6.07, 6.45) is 0.0177. The van der Waals surface area contributed by atoms with E-state index in [1.807, 2.05) is 60.7 Å². The predicted octanol–water partition coefficient (Wildman–Crippen LogP) is 3.94. The van der Waals surface area contributed by atoms with Crippen molar-refractivity contribution >= 4 is 45.3 Å². The Morgan fingerprint density at radius 1 is 0.952 bits per heavy atom. The highest BCUT2D eigenvalue weighted by Gasteiger charge is 2.30. The predicted molar refractivity (Wildman–Crippen MR) is 163 cm³/mol. The second-order valence-corrected chi connectivity index (χ2v) is 11.1. The molecule has 0 saturated heterocycles. The number of amides is 2. The van der Waals surface area contributed by atoms with E-state index in [4.69, 9.17) is 16.2 Å². The quantitative estimate of drug-likeness (QED) is 0.0898. The molecule has 2 atom stereocenters. The van der Waals surface area contributed by atoms with Gasteiger partial charge in [0.1, 0.15) is 12.6 Å². The number of carbonyl (C=O) groups is 3.